The minimum absolute atomic E-state index is 0.0420. The molecule has 1 heterocycles. The number of sulfone groups is 1. The van der Waals surface area contributed by atoms with Gasteiger partial charge in [-0.05, 0) is 18.6 Å². The molecule has 2 rings (SSSR count). The monoisotopic (exact) mass is 399 g/mol. The lowest BCUT2D eigenvalue weighted by Gasteiger charge is -2.14. The lowest BCUT2D eigenvalue weighted by Crippen LogP contribution is -2.41. The number of carbonyl (C=O) groups excluding carboxylic acids is 1. The van der Waals surface area contributed by atoms with Gasteiger partial charge in [0.05, 0.1) is 23.9 Å². The highest BCUT2D eigenvalue weighted by molar-refractivity contribution is 7.91. The first-order chi connectivity index (χ1) is 12.8. The van der Waals surface area contributed by atoms with E-state index in [0.29, 0.717) is 44.0 Å². The largest absolute Gasteiger partial charge is 0.490 e. The van der Waals surface area contributed by atoms with Crippen LogP contribution in [0.25, 0.3) is 0 Å². The fraction of sp³-hybridized carbons (Fsp3) is 0.556. The minimum atomic E-state index is -3.72. The molecule has 0 spiro atoms. The van der Waals surface area contributed by atoms with Gasteiger partial charge in [0, 0.05) is 18.9 Å². The molecule has 0 aromatic heterocycles. The summed E-state index contributed by atoms with van der Waals surface area (Å²) >= 11 is 0. The van der Waals surface area contributed by atoms with Gasteiger partial charge in [-0.1, -0.05) is 19.8 Å². The maximum absolute atomic E-state index is 12.5. The lowest BCUT2D eigenvalue weighted by molar-refractivity contribution is -0.142. The van der Waals surface area contributed by atoms with Gasteiger partial charge in [0.15, 0.2) is 21.3 Å². The van der Waals surface area contributed by atoms with Crippen molar-refractivity contribution >= 4 is 21.7 Å². The van der Waals surface area contributed by atoms with Crippen LogP contribution in [0, 0.1) is 0 Å². The Labute approximate surface area is 158 Å². The van der Waals surface area contributed by atoms with Crippen LogP contribution in [0.4, 0.5) is 0 Å². The molecule has 8 nitrogen and oxygen atoms in total. The average Bonchev–Trinajstić information content (AvgIpc) is 2.88. The fourth-order valence-electron chi connectivity index (χ4n) is 2.61. The number of carboxylic acid groups (broad SMARTS) is 1. The molecule has 1 aliphatic rings. The molecule has 0 bridgehead atoms. The molecular formula is C18H25NO7S. The van der Waals surface area contributed by atoms with Gasteiger partial charge in [0.25, 0.3) is 0 Å². The highest BCUT2D eigenvalue weighted by Gasteiger charge is 2.23. The quantitative estimate of drug-likeness (QED) is 0.649. The molecule has 0 radical (unpaired) electrons. The Morgan fingerprint density at radius 1 is 1.22 bits per heavy atom. The number of carbonyl (C=O) groups is 2. The minimum Gasteiger partial charge on any atom is -0.490 e. The number of hydrogen-bond donors (Lipinski definition) is 2. The number of carboxylic acids is 1. The first-order valence-electron chi connectivity index (χ1n) is 8.98. The van der Waals surface area contributed by atoms with Crippen LogP contribution in [0.5, 0.6) is 11.5 Å². The SMILES string of the molecule is CCCC[C@H](NC(=O)CCS(=O)(=O)c1ccc2c(c1)OCCCO2)C(=O)O. The maximum atomic E-state index is 12.5. The van der Waals surface area contributed by atoms with E-state index >= 15 is 0 Å². The van der Waals surface area contributed by atoms with Crippen LogP contribution in [0.1, 0.15) is 39.0 Å². The fourth-order valence-corrected chi connectivity index (χ4v) is 3.87. The first kappa shape index (κ1) is 21.0. The van der Waals surface area contributed by atoms with Crippen molar-refractivity contribution in [3.05, 3.63) is 18.2 Å². The molecule has 1 aromatic rings. The molecule has 0 aliphatic carbocycles. The predicted molar refractivity (Wildman–Crippen MR) is 97.8 cm³/mol. The standard InChI is InChI=1S/C18H25NO7S/c1-2-3-5-14(18(21)22)19-17(20)8-11-27(23,24)13-6-7-15-16(12-13)26-10-4-9-25-15/h6-7,12,14H,2-5,8-11H2,1H3,(H,19,20)(H,21,22)/t14-/m0/s1. The van der Waals surface area contributed by atoms with E-state index in [4.69, 9.17) is 14.6 Å². The third-order valence-corrected chi connectivity index (χ3v) is 5.87. The number of hydrogen-bond acceptors (Lipinski definition) is 6. The lowest BCUT2D eigenvalue weighted by atomic mass is 10.1. The van der Waals surface area contributed by atoms with E-state index in [1.54, 1.807) is 6.07 Å². The Bertz CT molecular complexity index is 776. The zero-order valence-corrected chi connectivity index (χ0v) is 16.1. The van der Waals surface area contributed by atoms with E-state index in [0.717, 1.165) is 6.42 Å². The van der Waals surface area contributed by atoms with Gasteiger partial charge in [-0.3, -0.25) is 4.79 Å². The number of aliphatic carboxylic acids is 1. The smallest absolute Gasteiger partial charge is 0.326 e. The van der Waals surface area contributed by atoms with Crippen LogP contribution in [0.2, 0.25) is 0 Å². The average molecular weight is 399 g/mol. The van der Waals surface area contributed by atoms with Crippen LogP contribution in [0.3, 0.4) is 0 Å². The van der Waals surface area contributed by atoms with Gasteiger partial charge in [-0.2, -0.15) is 0 Å². The summed E-state index contributed by atoms with van der Waals surface area (Å²) in [6.45, 7) is 2.86. The summed E-state index contributed by atoms with van der Waals surface area (Å²) in [6.07, 6.45) is 2.17. The third kappa shape index (κ3) is 6.13. The van der Waals surface area contributed by atoms with Crippen molar-refractivity contribution in [2.24, 2.45) is 0 Å². The molecule has 1 aliphatic heterocycles. The molecule has 1 atom stereocenters. The first-order valence-corrected chi connectivity index (χ1v) is 10.6. The van der Waals surface area contributed by atoms with Gasteiger partial charge >= 0.3 is 5.97 Å². The summed E-state index contributed by atoms with van der Waals surface area (Å²) in [5, 5.41) is 11.5. The van der Waals surface area contributed by atoms with Crippen molar-refractivity contribution < 1.29 is 32.6 Å². The van der Waals surface area contributed by atoms with Crippen molar-refractivity contribution in [2.75, 3.05) is 19.0 Å². The Hall–Kier alpha value is -2.29. The summed E-state index contributed by atoms with van der Waals surface area (Å²) in [5.41, 5.74) is 0. The van der Waals surface area contributed by atoms with Crippen LogP contribution < -0.4 is 14.8 Å². The van der Waals surface area contributed by atoms with E-state index in [9.17, 15) is 18.0 Å². The zero-order valence-electron chi connectivity index (χ0n) is 15.3. The van der Waals surface area contributed by atoms with Gasteiger partial charge in [-0.15, -0.1) is 0 Å². The zero-order chi connectivity index (χ0) is 19.9. The second-order valence-corrected chi connectivity index (χ2v) is 8.44. The topological polar surface area (TPSA) is 119 Å². The van der Waals surface area contributed by atoms with E-state index in [2.05, 4.69) is 5.32 Å². The highest BCUT2D eigenvalue weighted by Crippen LogP contribution is 2.32. The molecule has 1 aromatic carbocycles. The number of nitrogens with one attached hydrogen (secondary N) is 1. The van der Waals surface area contributed by atoms with Gasteiger partial charge < -0.3 is 19.9 Å². The number of ether oxygens (including phenoxy) is 2. The summed E-state index contributed by atoms with van der Waals surface area (Å²) < 4.78 is 36.0. The molecule has 150 valence electrons. The number of rotatable bonds is 9. The second kappa shape index (κ2) is 9.59. The normalized spacial score (nSPS) is 14.9. The van der Waals surface area contributed by atoms with Crippen LogP contribution in [-0.4, -0.2) is 50.4 Å². The van der Waals surface area contributed by atoms with Crippen molar-refractivity contribution in [3.63, 3.8) is 0 Å². The third-order valence-electron chi connectivity index (χ3n) is 4.16. The van der Waals surface area contributed by atoms with Crippen molar-refractivity contribution in [1.82, 2.24) is 5.32 Å². The number of amides is 1. The van der Waals surface area contributed by atoms with Crippen molar-refractivity contribution in [1.29, 1.82) is 0 Å². The Kier molecular flexibility index (Phi) is 7.46. The van der Waals surface area contributed by atoms with Crippen LogP contribution in [0.15, 0.2) is 23.1 Å². The molecule has 0 unspecified atom stereocenters. The number of fused-ring (bicyclic) bond motifs is 1. The van der Waals surface area contributed by atoms with Crippen LogP contribution in [-0.2, 0) is 19.4 Å². The molecule has 9 heteroatoms. The Morgan fingerprint density at radius 3 is 2.59 bits per heavy atom. The number of unbranched alkanes of at least 4 members (excludes halogenated alkanes) is 1. The number of benzene rings is 1. The Balaban J connectivity index is 1.98. The van der Waals surface area contributed by atoms with E-state index in [1.807, 2.05) is 6.92 Å². The predicted octanol–water partition coefficient (Wildman–Crippen LogP) is 1.77. The van der Waals surface area contributed by atoms with E-state index in [-0.39, 0.29) is 11.3 Å². The summed E-state index contributed by atoms with van der Waals surface area (Å²) in [6, 6.07) is 3.36. The molecule has 0 fully saturated rings. The van der Waals surface area contributed by atoms with Gasteiger partial charge in [0.1, 0.15) is 6.04 Å². The van der Waals surface area contributed by atoms with Crippen LogP contribution >= 0.6 is 0 Å². The Morgan fingerprint density at radius 2 is 1.93 bits per heavy atom. The molecule has 2 N–H and O–H groups in total. The van der Waals surface area contributed by atoms with Crippen molar-refractivity contribution in [2.45, 2.75) is 50.0 Å². The summed E-state index contributed by atoms with van der Waals surface area (Å²) in [4.78, 5) is 23.2. The maximum Gasteiger partial charge on any atom is 0.326 e. The highest BCUT2D eigenvalue weighted by atomic mass is 32.2. The van der Waals surface area contributed by atoms with Crippen molar-refractivity contribution in [3.8, 4) is 11.5 Å². The molecule has 1 amide bonds. The van der Waals surface area contributed by atoms with Gasteiger partial charge in [0.2, 0.25) is 5.91 Å². The van der Waals surface area contributed by atoms with E-state index < -0.39 is 33.5 Å². The molecule has 0 saturated heterocycles. The molecule has 0 saturated carbocycles. The summed E-state index contributed by atoms with van der Waals surface area (Å²) in [7, 11) is -3.72. The van der Waals surface area contributed by atoms with Gasteiger partial charge in [-0.25, -0.2) is 13.2 Å². The van der Waals surface area contributed by atoms with E-state index in [1.165, 1.54) is 12.1 Å². The summed E-state index contributed by atoms with van der Waals surface area (Å²) in [5.74, 6) is -1.29. The molecule has 27 heavy (non-hydrogen) atoms. The second-order valence-electron chi connectivity index (χ2n) is 6.33. The molecular weight excluding hydrogens is 374 g/mol.